The molecule has 0 fully saturated rings. The maximum absolute atomic E-state index is 11.7. The molecule has 0 saturated heterocycles. The number of carbonyl (C=O) groups excluding carboxylic acids is 1. The third kappa shape index (κ3) is 2.86. The Kier molecular flexibility index (Phi) is 3.46. The normalized spacial score (nSPS) is 9.88. The molecule has 0 unspecified atom stereocenters. The van der Waals surface area contributed by atoms with E-state index in [-0.39, 0.29) is 5.91 Å². The molecule has 0 radical (unpaired) electrons. The van der Waals surface area contributed by atoms with Gasteiger partial charge in [-0.05, 0) is 12.1 Å². The zero-order chi connectivity index (χ0) is 12.3. The lowest BCUT2D eigenvalue weighted by Gasteiger charge is -2.05. The van der Waals surface area contributed by atoms with Crippen molar-refractivity contribution in [2.75, 3.05) is 5.32 Å². The molecule has 0 spiro atoms. The van der Waals surface area contributed by atoms with Crippen molar-refractivity contribution < 1.29 is 4.79 Å². The number of thiocarbonyl (C=S) groups is 1. The van der Waals surface area contributed by atoms with Crippen molar-refractivity contribution in [1.29, 1.82) is 0 Å². The van der Waals surface area contributed by atoms with Crippen LogP contribution in [0.2, 0.25) is 0 Å². The number of rotatable bonds is 3. The molecule has 3 N–H and O–H groups in total. The highest BCUT2D eigenvalue weighted by Crippen LogP contribution is 2.12. The zero-order valence-corrected chi connectivity index (χ0v) is 10.3. The number of carbonyl (C=O) groups is 1. The largest absolute Gasteiger partial charge is 0.389 e. The molecule has 0 aliphatic carbocycles. The average Bonchev–Trinajstić information content (AvgIpc) is 2.82. The van der Waals surface area contributed by atoms with Crippen molar-refractivity contribution >= 4 is 40.1 Å². The molecular formula is C11H9N3OS2. The van der Waals surface area contributed by atoms with Crippen LogP contribution >= 0.6 is 23.6 Å². The van der Waals surface area contributed by atoms with E-state index in [1.807, 2.05) is 0 Å². The number of hydrogen-bond acceptors (Lipinski definition) is 4. The molecule has 1 aromatic carbocycles. The maximum Gasteiger partial charge on any atom is 0.275 e. The van der Waals surface area contributed by atoms with Crippen LogP contribution in [0.4, 0.5) is 5.69 Å². The number of nitrogens with two attached hydrogens (primary N) is 1. The maximum atomic E-state index is 11.7. The van der Waals surface area contributed by atoms with Crippen LogP contribution in [0.15, 0.2) is 35.2 Å². The summed E-state index contributed by atoms with van der Waals surface area (Å²) in [4.78, 5) is 16.0. The molecule has 17 heavy (non-hydrogen) atoms. The Morgan fingerprint density at radius 3 is 2.94 bits per heavy atom. The molecule has 0 bridgehead atoms. The Labute approximate surface area is 107 Å². The fraction of sp³-hybridized carbons (Fsp3) is 0. The van der Waals surface area contributed by atoms with Gasteiger partial charge in [-0.25, -0.2) is 4.98 Å². The van der Waals surface area contributed by atoms with Gasteiger partial charge < -0.3 is 11.1 Å². The lowest BCUT2D eigenvalue weighted by molar-refractivity contribution is 0.102. The van der Waals surface area contributed by atoms with E-state index in [9.17, 15) is 4.79 Å². The molecule has 0 aliphatic rings. The first-order valence-corrected chi connectivity index (χ1v) is 6.11. The van der Waals surface area contributed by atoms with Crippen LogP contribution in [0, 0.1) is 0 Å². The number of nitrogens with zero attached hydrogens (tertiary/aromatic N) is 1. The van der Waals surface area contributed by atoms with Crippen molar-refractivity contribution in [2.45, 2.75) is 0 Å². The molecule has 2 aromatic rings. The summed E-state index contributed by atoms with van der Waals surface area (Å²) in [6, 6.07) is 7.07. The Bertz CT molecular complexity index is 552. The molecular weight excluding hydrogens is 254 g/mol. The van der Waals surface area contributed by atoms with E-state index >= 15 is 0 Å². The monoisotopic (exact) mass is 263 g/mol. The standard InChI is InChI=1S/C11H9N3OS2/c12-10(16)7-2-1-3-8(4-7)14-11(15)9-5-17-6-13-9/h1-6H,(H2,12,16)(H,14,15). The van der Waals surface area contributed by atoms with Crippen molar-refractivity contribution in [3.8, 4) is 0 Å². The number of aromatic nitrogens is 1. The number of nitrogens with one attached hydrogen (secondary N) is 1. The van der Waals surface area contributed by atoms with Crippen LogP contribution in [-0.2, 0) is 0 Å². The summed E-state index contributed by atoms with van der Waals surface area (Å²) in [5.41, 5.74) is 8.89. The van der Waals surface area contributed by atoms with Crippen molar-refractivity contribution in [1.82, 2.24) is 4.98 Å². The average molecular weight is 263 g/mol. The lowest BCUT2D eigenvalue weighted by Crippen LogP contribution is -2.14. The Morgan fingerprint density at radius 1 is 1.47 bits per heavy atom. The lowest BCUT2D eigenvalue weighted by atomic mass is 10.2. The number of thiazole rings is 1. The summed E-state index contributed by atoms with van der Waals surface area (Å²) >= 11 is 6.24. The van der Waals surface area contributed by atoms with Gasteiger partial charge >= 0.3 is 0 Å². The minimum Gasteiger partial charge on any atom is -0.389 e. The molecule has 4 nitrogen and oxygen atoms in total. The molecule has 2 rings (SSSR count). The third-order valence-corrected chi connectivity index (χ3v) is 2.89. The van der Waals surface area contributed by atoms with Crippen LogP contribution in [-0.4, -0.2) is 15.9 Å². The number of amides is 1. The van der Waals surface area contributed by atoms with Gasteiger partial charge in [-0.15, -0.1) is 11.3 Å². The minimum absolute atomic E-state index is 0.244. The highest BCUT2D eigenvalue weighted by Gasteiger charge is 2.08. The predicted molar refractivity (Wildman–Crippen MR) is 72.4 cm³/mol. The first-order chi connectivity index (χ1) is 8.16. The molecule has 0 atom stereocenters. The first kappa shape index (κ1) is 11.7. The molecule has 6 heteroatoms. The molecule has 0 aliphatic heterocycles. The highest BCUT2D eigenvalue weighted by atomic mass is 32.1. The van der Waals surface area contributed by atoms with Gasteiger partial charge in [0.05, 0.1) is 5.51 Å². The second-order valence-corrected chi connectivity index (χ2v) is 4.43. The summed E-state index contributed by atoms with van der Waals surface area (Å²) in [6.07, 6.45) is 0. The van der Waals surface area contributed by atoms with E-state index in [1.165, 1.54) is 11.3 Å². The van der Waals surface area contributed by atoms with Crippen molar-refractivity contribution in [3.05, 3.63) is 46.4 Å². The van der Waals surface area contributed by atoms with Crippen LogP contribution in [0.5, 0.6) is 0 Å². The smallest absolute Gasteiger partial charge is 0.275 e. The highest BCUT2D eigenvalue weighted by molar-refractivity contribution is 7.80. The minimum atomic E-state index is -0.244. The van der Waals surface area contributed by atoms with Gasteiger partial charge in [0.15, 0.2) is 0 Å². The molecule has 86 valence electrons. The van der Waals surface area contributed by atoms with Gasteiger partial charge in [-0.2, -0.15) is 0 Å². The summed E-state index contributed by atoms with van der Waals surface area (Å²) in [7, 11) is 0. The van der Waals surface area contributed by atoms with Crippen molar-refractivity contribution in [3.63, 3.8) is 0 Å². The quantitative estimate of drug-likeness (QED) is 0.831. The molecule has 1 aromatic heterocycles. The zero-order valence-electron chi connectivity index (χ0n) is 8.71. The van der Waals surface area contributed by atoms with Gasteiger partial charge in [0, 0.05) is 16.6 Å². The van der Waals surface area contributed by atoms with E-state index in [0.717, 1.165) is 5.56 Å². The van der Waals surface area contributed by atoms with Gasteiger partial charge in [0.1, 0.15) is 10.7 Å². The van der Waals surface area contributed by atoms with E-state index < -0.39 is 0 Å². The number of benzene rings is 1. The number of hydrogen-bond donors (Lipinski definition) is 2. The second-order valence-electron chi connectivity index (χ2n) is 3.27. The van der Waals surface area contributed by atoms with Gasteiger partial charge in [-0.1, -0.05) is 24.4 Å². The Hall–Kier alpha value is -1.79. The van der Waals surface area contributed by atoms with Crippen LogP contribution in [0.3, 0.4) is 0 Å². The van der Waals surface area contributed by atoms with Gasteiger partial charge in [0.25, 0.3) is 5.91 Å². The molecule has 1 heterocycles. The van der Waals surface area contributed by atoms with Crippen LogP contribution in [0.25, 0.3) is 0 Å². The summed E-state index contributed by atoms with van der Waals surface area (Å²) < 4.78 is 0. The predicted octanol–water partition coefficient (Wildman–Crippen LogP) is 2.03. The van der Waals surface area contributed by atoms with Crippen molar-refractivity contribution in [2.24, 2.45) is 5.73 Å². The van der Waals surface area contributed by atoms with Crippen LogP contribution in [0.1, 0.15) is 16.1 Å². The summed E-state index contributed by atoms with van der Waals surface area (Å²) in [5, 5.41) is 4.42. The van der Waals surface area contributed by atoms with E-state index in [1.54, 1.807) is 35.2 Å². The second kappa shape index (κ2) is 5.03. The van der Waals surface area contributed by atoms with E-state index in [4.69, 9.17) is 18.0 Å². The van der Waals surface area contributed by atoms with Gasteiger partial charge in [-0.3, -0.25) is 4.79 Å². The summed E-state index contributed by atoms with van der Waals surface area (Å²) in [6.45, 7) is 0. The van der Waals surface area contributed by atoms with Gasteiger partial charge in [0.2, 0.25) is 0 Å². The SMILES string of the molecule is NC(=S)c1cccc(NC(=O)c2cscn2)c1. The first-order valence-electron chi connectivity index (χ1n) is 4.76. The van der Waals surface area contributed by atoms with E-state index in [0.29, 0.717) is 16.4 Å². The number of anilines is 1. The fourth-order valence-corrected chi connectivity index (χ4v) is 1.93. The Balaban J connectivity index is 2.16. The topological polar surface area (TPSA) is 68.0 Å². The van der Waals surface area contributed by atoms with Crippen LogP contribution < -0.4 is 11.1 Å². The summed E-state index contributed by atoms with van der Waals surface area (Å²) in [5.74, 6) is -0.244. The fourth-order valence-electron chi connectivity index (χ4n) is 1.27. The Morgan fingerprint density at radius 2 is 2.29 bits per heavy atom. The molecule has 1 amide bonds. The third-order valence-electron chi connectivity index (χ3n) is 2.07. The molecule has 0 saturated carbocycles. The van der Waals surface area contributed by atoms with E-state index in [2.05, 4.69) is 10.3 Å².